The van der Waals surface area contributed by atoms with Gasteiger partial charge in [0.05, 0.1) is 0 Å². The van der Waals surface area contributed by atoms with Gasteiger partial charge in [0.1, 0.15) is 12.6 Å². The summed E-state index contributed by atoms with van der Waals surface area (Å²) in [5, 5.41) is 7.00. The van der Waals surface area contributed by atoms with Crippen molar-refractivity contribution in [1.82, 2.24) is 0 Å². The molecule has 0 aromatic carbocycles. The normalized spacial score (nSPS) is 42.0. The summed E-state index contributed by atoms with van der Waals surface area (Å²) in [5.41, 5.74) is 0.690. The maximum atomic E-state index is 12.8. The Hall–Kier alpha value is -0.0766. The summed E-state index contributed by atoms with van der Waals surface area (Å²) in [7, 11) is 1.00. The van der Waals surface area contributed by atoms with E-state index in [2.05, 4.69) is 27.7 Å². The molecule has 1 N–H and O–H groups in total. The van der Waals surface area contributed by atoms with Crippen LogP contribution in [0.25, 0.3) is 0 Å². The summed E-state index contributed by atoms with van der Waals surface area (Å²) >= 11 is 0. The molecule has 0 aromatic heterocycles. The molecular weight excluding hydrogens is 475 g/mol. The molecule has 0 amide bonds. The van der Waals surface area contributed by atoms with E-state index in [1.54, 1.807) is 0 Å². The van der Waals surface area contributed by atoms with Crippen molar-refractivity contribution in [2.45, 2.75) is 99.3 Å². The van der Waals surface area contributed by atoms with Gasteiger partial charge in [-0.2, -0.15) is 0 Å². The Balaban J connectivity index is 0. The monoisotopic (exact) mass is 526 g/mol. The third-order valence-electron chi connectivity index (χ3n) is 9.21. The van der Waals surface area contributed by atoms with Crippen LogP contribution in [0.5, 0.6) is 0 Å². The first-order valence-corrected chi connectivity index (χ1v) is 12.2. The van der Waals surface area contributed by atoms with Crippen LogP contribution in [0.3, 0.4) is 0 Å². The number of hydrogen-bond donors (Lipinski definition) is 1. The maximum Gasteiger partial charge on any atom is 0.141 e. The Morgan fingerprint density at radius 3 is 2.03 bits per heavy atom. The van der Waals surface area contributed by atoms with Gasteiger partial charge in [0.15, 0.2) is 0 Å². The number of aliphatic hydroxyl groups excluding tert-OH is 1. The van der Waals surface area contributed by atoms with E-state index in [0.717, 1.165) is 30.8 Å². The molecule has 0 bridgehead atoms. The maximum absolute atomic E-state index is 12.8. The van der Waals surface area contributed by atoms with Crippen LogP contribution >= 0.6 is 0 Å². The third kappa shape index (κ3) is 5.89. The summed E-state index contributed by atoms with van der Waals surface area (Å²) in [6.07, 6.45) is 12.4. The summed E-state index contributed by atoms with van der Waals surface area (Å²) in [4.78, 5) is 20.8. The minimum absolute atomic E-state index is 0. The number of hydrogen-bond acceptors (Lipinski definition) is 3. The van der Waals surface area contributed by atoms with Crippen molar-refractivity contribution in [1.29, 1.82) is 0 Å². The smallest absolute Gasteiger partial charge is 0.141 e. The molecule has 4 heteroatoms. The second kappa shape index (κ2) is 14.2. The molecule has 0 aliphatic heterocycles. The zero-order valence-corrected chi connectivity index (χ0v) is 23.3. The van der Waals surface area contributed by atoms with Crippen molar-refractivity contribution in [3.63, 3.8) is 0 Å². The van der Waals surface area contributed by atoms with E-state index in [1.165, 1.54) is 57.8 Å². The van der Waals surface area contributed by atoms with E-state index in [9.17, 15) is 4.79 Å². The van der Waals surface area contributed by atoms with Crippen molar-refractivity contribution in [3.8, 4) is 0 Å². The molecule has 8 atom stereocenters. The topological polar surface area (TPSA) is 54.4 Å². The van der Waals surface area contributed by atoms with Crippen molar-refractivity contribution in [2.75, 3.05) is 7.11 Å². The van der Waals surface area contributed by atoms with Crippen LogP contribution in [-0.4, -0.2) is 24.8 Å². The van der Waals surface area contributed by atoms with Gasteiger partial charge >= 0.3 is 0 Å². The Bertz CT molecular complexity index is 525. The fourth-order valence-corrected chi connectivity index (χ4v) is 8.05. The average molecular weight is 527 g/mol. The number of carbonyl (C=O) groups excluding carboxylic acids is 2. The summed E-state index contributed by atoms with van der Waals surface area (Å²) in [5.74, 6) is 5.34. The zero-order chi connectivity index (χ0) is 22.4. The summed E-state index contributed by atoms with van der Waals surface area (Å²) in [6.45, 7) is 15.5. The van der Waals surface area contributed by atoms with E-state index >= 15 is 0 Å². The first kappa shape index (κ1) is 33.1. The van der Waals surface area contributed by atoms with Crippen molar-refractivity contribution in [2.24, 2.45) is 46.3 Å². The predicted molar refractivity (Wildman–Crippen MR) is 128 cm³/mol. The fraction of sp³-hybridized carbons (Fsp3) is 0.889. The number of rotatable bonds is 1. The Kier molecular flexibility index (Phi) is 15.2. The van der Waals surface area contributed by atoms with E-state index in [-0.39, 0.29) is 32.3 Å². The van der Waals surface area contributed by atoms with Crippen LogP contribution in [0.2, 0.25) is 0 Å². The van der Waals surface area contributed by atoms with Crippen molar-refractivity contribution < 1.29 is 34.2 Å². The average Bonchev–Trinajstić information content (AvgIpc) is 3.01. The number of fused-ring (bicyclic) bond motifs is 5. The van der Waals surface area contributed by atoms with E-state index in [0.29, 0.717) is 23.0 Å². The fourth-order valence-electron chi connectivity index (χ4n) is 8.05. The van der Waals surface area contributed by atoms with Gasteiger partial charge in [0.2, 0.25) is 0 Å². The van der Waals surface area contributed by atoms with Crippen LogP contribution < -0.4 is 0 Å². The molecule has 4 fully saturated rings. The van der Waals surface area contributed by atoms with Gasteiger partial charge in [-0.15, -0.1) is 0 Å². The first-order chi connectivity index (χ1) is 13.9. The van der Waals surface area contributed by atoms with Gasteiger partial charge < -0.3 is 17.3 Å². The van der Waals surface area contributed by atoms with E-state index in [4.69, 9.17) is 9.90 Å². The molecular formula is C27H51O3Rh-. The molecule has 0 saturated heterocycles. The van der Waals surface area contributed by atoms with Crippen LogP contribution in [0, 0.1) is 53.8 Å². The summed E-state index contributed by atoms with van der Waals surface area (Å²) < 4.78 is 0. The second-order valence-corrected chi connectivity index (χ2v) is 10.1. The zero-order valence-electron chi connectivity index (χ0n) is 21.6. The van der Waals surface area contributed by atoms with Crippen LogP contribution in [0.1, 0.15) is 99.3 Å². The molecule has 3 nitrogen and oxygen atoms in total. The van der Waals surface area contributed by atoms with Gasteiger partial charge in [0.25, 0.3) is 0 Å². The standard InChI is InChI=1S/C22H36O.C2H6.CH4O.CH2O.CH3.Rh/c1-5-22-11-9-17-16(18(22)7-6-14(2)13-22)8-10-21(4)19(17)12-15(3)20(21)23;3*1-2;;/h14-19H,5-13H2,1-4H3;1-2H3;2H,1H3;1H2;1H3;/q;;;;-1;/t14?,15?,16?,17?,18?,19?,21?,22-;;;;;/m1...../s1. The predicted octanol–water partition coefficient (Wildman–Crippen LogP) is 6.77. The van der Waals surface area contributed by atoms with Gasteiger partial charge in [-0.3, -0.25) is 4.79 Å². The van der Waals surface area contributed by atoms with E-state index < -0.39 is 0 Å². The number of Topliss-reactive ketones (excluding diaryl/α,β-unsaturated/α-hetero) is 1. The largest absolute Gasteiger partial charge is 0.400 e. The van der Waals surface area contributed by atoms with Gasteiger partial charge in [-0.1, -0.05) is 54.4 Å². The molecule has 7 unspecified atom stereocenters. The molecule has 0 aromatic rings. The molecule has 4 aliphatic carbocycles. The molecule has 31 heavy (non-hydrogen) atoms. The summed E-state index contributed by atoms with van der Waals surface area (Å²) in [6, 6.07) is 0. The Labute approximate surface area is 206 Å². The number of aliphatic hydroxyl groups is 1. The van der Waals surface area contributed by atoms with Gasteiger partial charge in [-0.05, 0) is 80.0 Å². The van der Waals surface area contributed by atoms with Gasteiger partial charge in [-0.25, -0.2) is 0 Å². The third-order valence-corrected chi connectivity index (χ3v) is 9.21. The second-order valence-electron chi connectivity index (χ2n) is 10.1. The minimum Gasteiger partial charge on any atom is -0.400 e. The number of ketones is 1. The Morgan fingerprint density at radius 1 is 0.968 bits per heavy atom. The van der Waals surface area contributed by atoms with Crippen molar-refractivity contribution >= 4 is 12.6 Å². The van der Waals surface area contributed by atoms with Crippen LogP contribution in [-0.2, 0) is 29.1 Å². The van der Waals surface area contributed by atoms with Crippen LogP contribution in [0.4, 0.5) is 0 Å². The molecule has 187 valence electrons. The molecule has 0 heterocycles. The van der Waals surface area contributed by atoms with Gasteiger partial charge in [0, 0.05) is 37.9 Å². The van der Waals surface area contributed by atoms with E-state index in [1.807, 2.05) is 20.6 Å². The minimum atomic E-state index is 0. The SMILES string of the molecule is C=O.CC.CC[C@]12CCC3C(CCC4(C)C(=O)C(C)CC34)C1CCC(C)C2.CO.[CH3-].[Rh]. The van der Waals surface area contributed by atoms with Crippen LogP contribution in [0.15, 0.2) is 0 Å². The molecule has 0 spiro atoms. The molecule has 4 rings (SSSR count). The molecule has 4 saturated carbocycles. The quantitative estimate of drug-likeness (QED) is 0.303. The Morgan fingerprint density at radius 2 is 1.48 bits per heavy atom. The molecule has 1 radical (unpaired) electrons. The molecule has 4 aliphatic rings. The first-order valence-electron chi connectivity index (χ1n) is 12.2. The number of carbonyl (C=O) groups is 2. The van der Waals surface area contributed by atoms with Crippen molar-refractivity contribution in [3.05, 3.63) is 7.43 Å².